The molecule has 0 saturated carbocycles. The van der Waals surface area contributed by atoms with E-state index in [0.29, 0.717) is 16.8 Å². The van der Waals surface area contributed by atoms with Crippen LogP contribution in [0.1, 0.15) is 17.2 Å². The molecule has 6 heteroatoms. The quantitative estimate of drug-likeness (QED) is 0.460. The molecule has 0 fully saturated rings. The van der Waals surface area contributed by atoms with Crippen LogP contribution in [0, 0.1) is 0 Å². The number of rotatable bonds is 7. The van der Waals surface area contributed by atoms with Gasteiger partial charge in [-0.2, -0.15) is 0 Å². The van der Waals surface area contributed by atoms with Crippen molar-refractivity contribution in [1.82, 2.24) is 10.3 Å². The van der Waals surface area contributed by atoms with Crippen LogP contribution in [0.3, 0.4) is 0 Å². The summed E-state index contributed by atoms with van der Waals surface area (Å²) in [5.41, 5.74) is 2.95. The molecule has 0 saturated heterocycles. The maximum atomic E-state index is 12.8. The molecule has 1 atom stereocenters. The molecule has 0 aliphatic rings. The predicted octanol–water partition coefficient (Wildman–Crippen LogP) is 4.29. The van der Waals surface area contributed by atoms with Gasteiger partial charge in [0, 0.05) is 36.9 Å². The maximum Gasteiger partial charge on any atom is 0.258 e. The van der Waals surface area contributed by atoms with E-state index in [4.69, 9.17) is 4.74 Å². The number of hydrogen-bond donors (Lipinski definition) is 2. The number of phenols is 1. The van der Waals surface area contributed by atoms with Crippen molar-refractivity contribution < 1.29 is 14.6 Å². The Bertz CT molecular complexity index is 1210. The molecule has 162 valence electrons. The molecule has 0 bridgehead atoms. The number of nitrogens with zero attached hydrogens (tertiary/aromatic N) is 2. The van der Waals surface area contributed by atoms with Crippen LogP contribution in [-0.4, -0.2) is 36.7 Å². The number of pyridine rings is 1. The molecular weight excluding hydrogens is 402 g/mol. The number of benzene rings is 3. The second-order valence-corrected chi connectivity index (χ2v) is 7.67. The van der Waals surface area contributed by atoms with E-state index in [1.54, 1.807) is 18.3 Å². The Morgan fingerprint density at radius 1 is 1.00 bits per heavy atom. The third kappa shape index (κ3) is 4.64. The maximum absolute atomic E-state index is 12.8. The Kier molecular flexibility index (Phi) is 6.22. The lowest BCUT2D eigenvalue weighted by molar-refractivity contribution is -0.123. The fourth-order valence-electron chi connectivity index (χ4n) is 3.55. The lowest BCUT2D eigenvalue weighted by Crippen LogP contribution is -2.33. The number of hydrogen-bond acceptors (Lipinski definition) is 5. The van der Waals surface area contributed by atoms with E-state index in [-0.39, 0.29) is 18.3 Å². The van der Waals surface area contributed by atoms with E-state index in [0.717, 1.165) is 16.6 Å². The van der Waals surface area contributed by atoms with Gasteiger partial charge in [-0.25, -0.2) is 0 Å². The van der Waals surface area contributed by atoms with Gasteiger partial charge < -0.3 is 20.1 Å². The third-order valence-electron chi connectivity index (χ3n) is 5.25. The van der Waals surface area contributed by atoms with Crippen LogP contribution < -0.4 is 15.0 Å². The first kappa shape index (κ1) is 21.2. The number of carbonyl (C=O) groups is 1. The zero-order valence-electron chi connectivity index (χ0n) is 18.0. The van der Waals surface area contributed by atoms with E-state index in [1.807, 2.05) is 85.7 Å². The Hall–Kier alpha value is -4.06. The number of aromatic nitrogens is 1. The number of fused-ring (bicyclic) bond motifs is 1. The Balaban J connectivity index is 1.65. The van der Waals surface area contributed by atoms with Gasteiger partial charge >= 0.3 is 0 Å². The van der Waals surface area contributed by atoms with Crippen molar-refractivity contribution in [2.45, 2.75) is 6.04 Å². The number of ether oxygens (including phenoxy) is 1. The van der Waals surface area contributed by atoms with Crippen LogP contribution in [-0.2, 0) is 4.79 Å². The average Bonchev–Trinajstić information content (AvgIpc) is 2.83. The molecule has 0 radical (unpaired) electrons. The smallest absolute Gasteiger partial charge is 0.258 e. The average molecular weight is 428 g/mol. The Labute approximate surface area is 187 Å². The van der Waals surface area contributed by atoms with Gasteiger partial charge in [0.2, 0.25) is 0 Å². The number of anilines is 1. The van der Waals surface area contributed by atoms with Crippen molar-refractivity contribution in [3.8, 4) is 11.5 Å². The molecule has 0 aliphatic heterocycles. The summed E-state index contributed by atoms with van der Waals surface area (Å²) in [5.74, 6) is 0.373. The molecule has 3 aromatic carbocycles. The minimum Gasteiger partial charge on any atom is -0.505 e. The van der Waals surface area contributed by atoms with Crippen LogP contribution in [0.2, 0.25) is 0 Å². The van der Waals surface area contributed by atoms with Gasteiger partial charge in [-0.1, -0.05) is 48.5 Å². The summed E-state index contributed by atoms with van der Waals surface area (Å²) in [5, 5.41) is 14.8. The van der Waals surface area contributed by atoms with Crippen molar-refractivity contribution in [3.05, 3.63) is 96.2 Å². The molecular formula is C26H25N3O3. The standard InChI is InChI=1S/C26H25N3O3/c1-29(2)20-13-10-19(11-14-20)24(28-23(30)17-32-21-8-4-3-5-9-21)22-15-12-18-7-6-16-27-25(18)26(22)31/h3-16,24,31H,17H2,1-2H3,(H,28,30). The van der Waals surface area contributed by atoms with Gasteiger partial charge in [0.1, 0.15) is 17.0 Å². The molecule has 1 amide bonds. The molecule has 4 rings (SSSR count). The van der Waals surface area contributed by atoms with Crippen LogP contribution in [0.25, 0.3) is 10.9 Å². The Morgan fingerprint density at radius 3 is 2.47 bits per heavy atom. The van der Waals surface area contributed by atoms with E-state index in [1.165, 1.54) is 0 Å². The molecule has 32 heavy (non-hydrogen) atoms. The summed E-state index contributed by atoms with van der Waals surface area (Å²) in [7, 11) is 3.94. The number of amides is 1. The Morgan fingerprint density at radius 2 is 1.75 bits per heavy atom. The highest BCUT2D eigenvalue weighted by molar-refractivity contribution is 5.86. The first-order valence-electron chi connectivity index (χ1n) is 10.3. The van der Waals surface area contributed by atoms with Crippen molar-refractivity contribution in [2.75, 3.05) is 25.6 Å². The molecule has 1 aromatic heterocycles. The van der Waals surface area contributed by atoms with Crippen LogP contribution in [0.4, 0.5) is 5.69 Å². The number of carbonyl (C=O) groups excluding carboxylic acids is 1. The zero-order valence-corrected chi connectivity index (χ0v) is 18.0. The molecule has 1 unspecified atom stereocenters. The predicted molar refractivity (Wildman–Crippen MR) is 126 cm³/mol. The van der Waals surface area contributed by atoms with E-state index < -0.39 is 6.04 Å². The summed E-state index contributed by atoms with van der Waals surface area (Å²) < 4.78 is 5.60. The fraction of sp³-hybridized carbons (Fsp3) is 0.154. The molecule has 6 nitrogen and oxygen atoms in total. The summed E-state index contributed by atoms with van der Waals surface area (Å²) in [4.78, 5) is 19.1. The monoisotopic (exact) mass is 427 g/mol. The highest BCUT2D eigenvalue weighted by Crippen LogP contribution is 2.35. The minimum atomic E-state index is -0.565. The SMILES string of the molecule is CN(C)c1ccc(C(NC(=O)COc2ccccc2)c2ccc3cccnc3c2O)cc1. The van der Waals surface area contributed by atoms with Gasteiger partial charge in [-0.3, -0.25) is 9.78 Å². The normalized spacial score (nSPS) is 11.7. The number of phenolic OH excluding ortho intramolecular Hbond substituents is 1. The summed E-state index contributed by atoms with van der Waals surface area (Å²) in [6.07, 6.45) is 1.64. The largest absolute Gasteiger partial charge is 0.505 e. The van der Waals surface area contributed by atoms with Gasteiger partial charge in [-0.05, 0) is 35.9 Å². The second kappa shape index (κ2) is 9.39. The molecule has 0 aliphatic carbocycles. The van der Waals surface area contributed by atoms with E-state index >= 15 is 0 Å². The highest BCUT2D eigenvalue weighted by atomic mass is 16.5. The van der Waals surface area contributed by atoms with Crippen molar-refractivity contribution in [1.29, 1.82) is 0 Å². The van der Waals surface area contributed by atoms with Crippen molar-refractivity contribution in [3.63, 3.8) is 0 Å². The first-order valence-corrected chi connectivity index (χ1v) is 10.3. The molecule has 4 aromatic rings. The van der Waals surface area contributed by atoms with Gasteiger partial charge in [0.05, 0.1) is 6.04 Å². The lowest BCUT2D eigenvalue weighted by Gasteiger charge is -2.22. The second-order valence-electron chi connectivity index (χ2n) is 7.67. The number of nitrogens with one attached hydrogen (secondary N) is 1. The minimum absolute atomic E-state index is 0.0501. The molecule has 2 N–H and O–H groups in total. The van der Waals surface area contributed by atoms with Crippen molar-refractivity contribution in [2.24, 2.45) is 0 Å². The van der Waals surface area contributed by atoms with Crippen LogP contribution in [0.15, 0.2) is 85.1 Å². The summed E-state index contributed by atoms with van der Waals surface area (Å²) >= 11 is 0. The fourth-order valence-corrected chi connectivity index (χ4v) is 3.55. The molecule has 1 heterocycles. The topological polar surface area (TPSA) is 74.7 Å². The van der Waals surface area contributed by atoms with E-state index in [2.05, 4.69) is 10.3 Å². The van der Waals surface area contributed by atoms with E-state index in [9.17, 15) is 9.90 Å². The van der Waals surface area contributed by atoms with Gasteiger partial charge in [-0.15, -0.1) is 0 Å². The summed E-state index contributed by atoms with van der Waals surface area (Å²) in [6, 6.07) is 23.9. The number of para-hydroxylation sites is 1. The van der Waals surface area contributed by atoms with Crippen LogP contribution in [0.5, 0.6) is 11.5 Å². The zero-order chi connectivity index (χ0) is 22.5. The third-order valence-corrected chi connectivity index (χ3v) is 5.25. The number of aromatic hydroxyl groups is 1. The summed E-state index contributed by atoms with van der Waals surface area (Å²) in [6.45, 7) is -0.136. The van der Waals surface area contributed by atoms with Crippen LogP contribution >= 0.6 is 0 Å². The molecule has 0 spiro atoms. The lowest BCUT2D eigenvalue weighted by atomic mass is 9.96. The first-order chi connectivity index (χ1) is 15.5. The highest BCUT2D eigenvalue weighted by Gasteiger charge is 2.22. The van der Waals surface area contributed by atoms with Crippen molar-refractivity contribution >= 4 is 22.5 Å². The van der Waals surface area contributed by atoms with Gasteiger partial charge in [0.15, 0.2) is 6.61 Å². The van der Waals surface area contributed by atoms with Gasteiger partial charge in [0.25, 0.3) is 5.91 Å².